The lowest BCUT2D eigenvalue weighted by molar-refractivity contribution is 0.296. The van der Waals surface area contributed by atoms with E-state index in [1.54, 1.807) is 0 Å². The molecule has 1 aromatic carbocycles. The molecule has 0 heterocycles. The first-order chi connectivity index (χ1) is 7.80. The molecule has 0 amide bonds. The van der Waals surface area contributed by atoms with Gasteiger partial charge >= 0.3 is 0 Å². The third-order valence-corrected chi connectivity index (χ3v) is 2.59. The molecule has 0 fully saturated rings. The van der Waals surface area contributed by atoms with E-state index in [0.29, 0.717) is 6.54 Å². The van der Waals surface area contributed by atoms with Gasteiger partial charge in [0, 0.05) is 12.1 Å². The fraction of sp³-hybridized carbons (Fsp3) is 0.429. The fourth-order valence-electron chi connectivity index (χ4n) is 1.55. The van der Waals surface area contributed by atoms with Crippen LogP contribution in [-0.4, -0.2) is 24.5 Å². The van der Waals surface area contributed by atoms with Crippen LogP contribution in [0.4, 0.5) is 0 Å². The predicted octanol–water partition coefficient (Wildman–Crippen LogP) is 1.84. The van der Waals surface area contributed by atoms with E-state index in [1.807, 2.05) is 0 Å². The Morgan fingerprint density at radius 3 is 2.25 bits per heavy atom. The van der Waals surface area contributed by atoms with Crippen LogP contribution >= 0.6 is 0 Å². The highest BCUT2D eigenvalue weighted by Crippen LogP contribution is 2.06. The van der Waals surface area contributed by atoms with Crippen LogP contribution in [0.1, 0.15) is 25.0 Å². The van der Waals surface area contributed by atoms with Crippen LogP contribution < -0.4 is 5.73 Å². The van der Waals surface area contributed by atoms with Gasteiger partial charge in [-0.3, -0.25) is 4.90 Å². The molecule has 16 heavy (non-hydrogen) atoms. The highest BCUT2D eigenvalue weighted by atomic mass is 15.1. The van der Waals surface area contributed by atoms with Crippen molar-refractivity contribution in [3.05, 3.63) is 35.4 Å². The second kappa shape index (κ2) is 7.05. The topological polar surface area (TPSA) is 29.3 Å². The largest absolute Gasteiger partial charge is 0.320 e. The number of nitrogens with zero attached hydrogens (tertiary/aromatic N) is 1. The van der Waals surface area contributed by atoms with Crippen molar-refractivity contribution < 1.29 is 0 Å². The van der Waals surface area contributed by atoms with Gasteiger partial charge in [0.15, 0.2) is 0 Å². The minimum Gasteiger partial charge on any atom is -0.320 e. The van der Waals surface area contributed by atoms with Crippen molar-refractivity contribution in [2.24, 2.45) is 5.73 Å². The van der Waals surface area contributed by atoms with Crippen molar-refractivity contribution in [2.45, 2.75) is 20.4 Å². The van der Waals surface area contributed by atoms with Gasteiger partial charge in [-0.1, -0.05) is 37.8 Å². The molecule has 0 unspecified atom stereocenters. The summed E-state index contributed by atoms with van der Waals surface area (Å²) in [7, 11) is 0. The van der Waals surface area contributed by atoms with E-state index >= 15 is 0 Å². The van der Waals surface area contributed by atoms with Crippen molar-refractivity contribution in [2.75, 3.05) is 19.6 Å². The molecule has 0 aliphatic heterocycles. The second-order valence-corrected chi connectivity index (χ2v) is 3.66. The summed E-state index contributed by atoms with van der Waals surface area (Å²) < 4.78 is 0. The van der Waals surface area contributed by atoms with E-state index in [0.717, 1.165) is 25.2 Å². The van der Waals surface area contributed by atoms with Gasteiger partial charge in [0.1, 0.15) is 0 Å². The first-order valence-corrected chi connectivity index (χ1v) is 5.80. The van der Waals surface area contributed by atoms with Crippen LogP contribution in [0, 0.1) is 11.8 Å². The van der Waals surface area contributed by atoms with Gasteiger partial charge in [0.05, 0.1) is 6.54 Å². The lowest BCUT2D eigenvalue weighted by Crippen LogP contribution is -2.21. The molecule has 2 heteroatoms. The quantitative estimate of drug-likeness (QED) is 0.778. The zero-order valence-electron chi connectivity index (χ0n) is 10.2. The summed E-state index contributed by atoms with van der Waals surface area (Å²) in [5, 5.41) is 0. The Bertz CT molecular complexity index is 353. The molecule has 0 radical (unpaired) electrons. The maximum absolute atomic E-state index is 5.33. The number of nitrogens with two attached hydrogens (primary N) is 1. The summed E-state index contributed by atoms with van der Waals surface area (Å²) in [5.74, 6) is 5.88. The van der Waals surface area contributed by atoms with Gasteiger partial charge in [0.25, 0.3) is 0 Å². The molecule has 0 bridgehead atoms. The standard InChI is InChI=1S/C14H20N2/c1-3-16(4-2)12-14-9-7-13(8-10-14)6-5-11-15/h7-10H,3-4,11-12,15H2,1-2H3. The lowest BCUT2D eigenvalue weighted by Gasteiger charge is -2.17. The van der Waals surface area contributed by atoms with Crippen molar-refractivity contribution >= 4 is 0 Å². The van der Waals surface area contributed by atoms with Gasteiger partial charge < -0.3 is 5.73 Å². The Morgan fingerprint density at radius 2 is 1.75 bits per heavy atom. The van der Waals surface area contributed by atoms with Crippen molar-refractivity contribution in [1.29, 1.82) is 0 Å². The Morgan fingerprint density at radius 1 is 1.12 bits per heavy atom. The molecule has 1 aromatic rings. The predicted molar refractivity (Wildman–Crippen MR) is 69.0 cm³/mol. The Kier molecular flexibility index (Phi) is 5.63. The van der Waals surface area contributed by atoms with Crippen molar-refractivity contribution in [1.82, 2.24) is 4.90 Å². The third-order valence-electron chi connectivity index (χ3n) is 2.59. The molecule has 0 spiro atoms. The van der Waals surface area contributed by atoms with Crippen LogP contribution in [0.2, 0.25) is 0 Å². The van der Waals surface area contributed by atoms with Gasteiger partial charge in [0.2, 0.25) is 0 Å². The second-order valence-electron chi connectivity index (χ2n) is 3.66. The average Bonchev–Trinajstić information content (AvgIpc) is 2.35. The minimum atomic E-state index is 0.418. The average molecular weight is 216 g/mol. The van der Waals surface area contributed by atoms with Crippen LogP contribution in [0.5, 0.6) is 0 Å². The summed E-state index contributed by atoms with van der Waals surface area (Å²) in [5.41, 5.74) is 7.70. The van der Waals surface area contributed by atoms with Crippen molar-refractivity contribution in [3.8, 4) is 11.8 Å². The molecule has 2 nitrogen and oxygen atoms in total. The SMILES string of the molecule is CCN(CC)Cc1ccc(C#CCN)cc1. The van der Waals surface area contributed by atoms with Crippen LogP contribution in [-0.2, 0) is 6.54 Å². The fourth-order valence-corrected chi connectivity index (χ4v) is 1.55. The van der Waals surface area contributed by atoms with Crippen LogP contribution in [0.15, 0.2) is 24.3 Å². The van der Waals surface area contributed by atoms with E-state index in [1.165, 1.54) is 5.56 Å². The number of hydrogen-bond acceptors (Lipinski definition) is 2. The monoisotopic (exact) mass is 216 g/mol. The van der Waals surface area contributed by atoms with Crippen LogP contribution in [0.3, 0.4) is 0 Å². The smallest absolute Gasteiger partial charge is 0.0555 e. The van der Waals surface area contributed by atoms with E-state index < -0.39 is 0 Å². The van der Waals surface area contributed by atoms with Gasteiger partial charge in [-0.05, 0) is 30.8 Å². The zero-order valence-corrected chi connectivity index (χ0v) is 10.2. The third kappa shape index (κ3) is 4.06. The Balaban J connectivity index is 2.64. The van der Waals surface area contributed by atoms with Crippen molar-refractivity contribution in [3.63, 3.8) is 0 Å². The molecular weight excluding hydrogens is 196 g/mol. The van der Waals surface area contributed by atoms with Gasteiger partial charge in [-0.2, -0.15) is 0 Å². The number of benzene rings is 1. The highest BCUT2D eigenvalue weighted by molar-refractivity contribution is 5.36. The maximum Gasteiger partial charge on any atom is 0.0555 e. The van der Waals surface area contributed by atoms with Gasteiger partial charge in [-0.25, -0.2) is 0 Å². The summed E-state index contributed by atoms with van der Waals surface area (Å²) in [6, 6.07) is 8.39. The normalized spacial score (nSPS) is 10.0. The first-order valence-electron chi connectivity index (χ1n) is 5.80. The van der Waals surface area contributed by atoms with E-state index in [2.05, 4.69) is 54.9 Å². The lowest BCUT2D eigenvalue weighted by atomic mass is 10.1. The molecule has 0 saturated carbocycles. The molecule has 0 aromatic heterocycles. The molecule has 1 rings (SSSR count). The summed E-state index contributed by atoms with van der Waals surface area (Å²) in [6.45, 7) is 7.98. The van der Waals surface area contributed by atoms with E-state index in [9.17, 15) is 0 Å². The van der Waals surface area contributed by atoms with Gasteiger partial charge in [-0.15, -0.1) is 0 Å². The Hall–Kier alpha value is -1.30. The van der Waals surface area contributed by atoms with E-state index in [-0.39, 0.29) is 0 Å². The summed E-state index contributed by atoms with van der Waals surface area (Å²) in [6.07, 6.45) is 0. The van der Waals surface area contributed by atoms with Crippen LogP contribution in [0.25, 0.3) is 0 Å². The van der Waals surface area contributed by atoms with E-state index in [4.69, 9.17) is 5.73 Å². The number of hydrogen-bond donors (Lipinski definition) is 1. The molecule has 0 atom stereocenters. The highest BCUT2D eigenvalue weighted by Gasteiger charge is 2.00. The molecule has 0 saturated heterocycles. The molecule has 0 aliphatic carbocycles. The molecular formula is C14H20N2. The zero-order chi connectivity index (χ0) is 11.8. The minimum absolute atomic E-state index is 0.418. The molecule has 2 N–H and O–H groups in total. The Labute approximate surface area is 98.4 Å². The molecule has 0 aliphatic rings. The maximum atomic E-state index is 5.33. The summed E-state index contributed by atoms with van der Waals surface area (Å²) in [4.78, 5) is 2.39. The first kappa shape index (κ1) is 12.8. The molecule has 86 valence electrons. The number of rotatable bonds is 4. The summed E-state index contributed by atoms with van der Waals surface area (Å²) >= 11 is 0.